The Bertz CT molecular complexity index is 416. The van der Waals surface area contributed by atoms with Gasteiger partial charge in [0.2, 0.25) is 5.88 Å². The molecule has 0 radical (unpaired) electrons. The summed E-state index contributed by atoms with van der Waals surface area (Å²) in [6, 6.07) is 1.70. The van der Waals surface area contributed by atoms with E-state index in [1.54, 1.807) is 33.0 Å². The first-order valence-electron chi connectivity index (χ1n) is 5.02. The summed E-state index contributed by atoms with van der Waals surface area (Å²) in [4.78, 5) is 15.6. The summed E-state index contributed by atoms with van der Waals surface area (Å²) >= 11 is 3.31. The van der Waals surface area contributed by atoms with Crippen LogP contribution in [-0.2, 0) is 4.74 Å². The Hall–Kier alpha value is -1.30. The monoisotopic (exact) mass is 302 g/mol. The minimum absolute atomic E-state index is 0.324. The Kier molecular flexibility index (Phi) is 4.34. The van der Waals surface area contributed by atoms with Gasteiger partial charge in [-0.2, -0.15) is 0 Å². The summed E-state index contributed by atoms with van der Waals surface area (Å²) in [6.07, 6.45) is 1.02. The van der Waals surface area contributed by atoms with Crippen LogP contribution in [0.25, 0.3) is 0 Å². The van der Waals surface area contributed by atoms with E-state index in [-0.39, 0.29) is 0 Å². The van der Waals surface area contributed by atoms with Gasteiger partial charge in [-0.1, -0.05) is 0 Å². The van der Waals surface area contributed by atoms with Crippen molar-refractivity contribution in [2.75, 3.05) is 12.4 Å². The van der Waals surface area contributed by atoms with Gasteiger partial charge < -0.3 is 9.47 Å². The van der Waals surface area contributed by atoms with Crippen molar-refractivity contribution < 1.29 is 14.3 Å². The molecular weight excluding hydrogens is 288 g/mol. The molecule has 5 nitrogen and oxygen atoms in total. The number of aromatic nitrogens is 1. The highest BCUT2D eigenvalue weighted by Crippen LogP contribution is 2.30. The molecule has 0 fully saturated rings. The number of ether oxygens (including phenoxy) is 2. The fourth-order valence-corrected chi connectivity index (χ4v) is 1.48. The topological polar surface area (TPSA) is 60.5 Å². The molecule has 0 bridgehead atoms. The molecule has 0 atom stereocenters. The van der Waals surface area contributed by atoms with Crippen LogP contribution in [0.2, 0.25) is 0 Å². The SMILES string of the molecule is COc1nccc(Br)c1NC(=O)OC(C)(C)C. The van der Waals surface area contributed by atoms with Crippen LogP contribution in [0.15, 0.2) is 16.7 Å². The van der Waals surface area contributed by atoms with Crippen LogP contribution in [0, 0.1) is 0 Å². The Labute approximate surface area is 109 Å². The van der Waals surface area contributed by atoms with Crippen LogP contribution in [0.4, 0.5) is 10.5 Å². The third kappa shape index (κ3) is 4.22. The Morgan fingerprint density at radius 2 is 2.12 bits per heavy atom. The van der Waals surface area contributed by atoms with Crippen LogP contribution in [0.5, 0.6) is 5.88 Å². The number of nitrogens with zero attached hydrogens (tertiary/aromatic N) is 1. The minimum atomic E-state index is -0.551. The quantitative estimate of drug-likeness (QED) is 0.911. The Balaban J connectivity index is 2.84. The molecule has 0 aliphatic rings. The molecule has 94 valence electrons. The fraction of sp³-hybridized carbons (Fsp3) is 0.455. The molecule has 17 heavy (non-hydrogen) atoms. The van der Waals surface area contributed by atoms with Crippen LogP contribution < -0.4 is 10.1 Å². The molecule has 1 N–H and O–H groups in total. The van der Waals surface area contributed by atoms with Crippen molar-refractivity contribution in [2.24, 2.45) is 0 Å². The summed E-state index contributed by atoms with van der Waals surface area (Å²) in [6.45, 7) is 5.38. The van der Waals surface area contributed by atoms with Crippen molar-refractivity contribution in [2.45, 2.75) is 26.4 Å². The standard InChI is InChI=1S/C11H15BrN2O3/c1-11(2,3)17-10(15)14-8-7(12)5-6-13-9(8)16-4/h5-6H,1-4H3,(H,14,15). The lowest BCUT2D eigenvalue weighted by atomic mass is 10.2. The van der Waals surface area contributed by atoms with Gasteiger partial charge >= 0.3 is 6.09 Å². The van der Waals surface area contributed by atoms with Crippen LogP contribution in [-0.4, -0.2) is 23.8 Å². The molecule has 0 saturated heterocycles. The predicted molar refractivity (Wildman–Crippen MR) is 68.3 cm³/mol. The number of carbonyl (C=O) groups excluding carboxylic acids is 1. The molecule has 1 rings (SSSR count). The van der Waals surface area contributed by atoms with Gasteiger partial charge in [-0.05, 0) is 42.8 Å². The molecule has 0 aromatic carbocycles. The highest BCUT2D eigenvalue weighted by Gasteiger charge is 2.19. The molecule has 1 aromatic rings. The van der Waals surface area contributed by atoms with Gasteiger partial charge in [-0.3, -0.25) is 5.32 Å². The molecule has 6 heteroatoms. The zero-order valence-corrected chi connectivity index (χ0v) is 11.8. The summed E-state index contributed by atoms with van der Waals surface area (Å²) in [7, 11) is 1.48. The second kappa shape index (κ2) is 5.35. The number of pyridine rings is 1. The highest BCUT2D eigenvalue weighted by molar-refractivity contribution is 9.10. The van der Waals surface area contributed by atoms with E-state index in [2.05, 4.69) is 26.2 Å². The van der Waals surface area contributed by atoms with E-state index in [4.69, 9.17) is 9.47 Å². The number of anilines is 1. The van der Waals surface area contributed by atoms with Crippen molar-refractivity contribution in [3.05, 3.63) is 16.7 Å². The average Bonchev–Trinajstić information content (AvgIpc) is 2.18. The van der Waals surface area contributed by atoms with Gasteiger partial charge in [0.1, 0.15) is 11.3 Å². The fourth-order valence-electron chi connectivity index (χ4n) is 1.09. The third-order valence-electron chi connectivity index (χ3n) is 1.68. The molecule has 0 saturated carbocycles. The van der Waals surface area contributed by atoms with Gasteiger partial charge in [-0.15, -0.1) is 0 Å². The minimum Gasteiger partial charge on any atom is -0.479 e. The zero-order valence-electron chi connectivity index (χ0n) is 10.2. The summed E-state index contributed by atoms with van der Waals surface area (Å²) in [5, 5.41) is 2.59. The molecule has 0 aliphatic heterocycles. The molecule has 1 amide bonds. The predicted octanol–water partition coefficient (Wildman–Crippen LogP) is 3.20. The number of nitrogens with one attached hydrogen (secondary N) is 1. The number of hydrogen-bond acceptors (Lipinski definition) is 4. The van der Waals surface area contributed by atoms with Crippen molar-refractivity contribution in [3.63, 3.8) is 0 Å². The van der Waals surface area contributed by atoms with Gasteiger partial charge in [0.15, 0.2) is 0 Å². The van der Waals surface area contributed by atoms with Gasteiger partial charge in [0.25, 0.3) is 0 Å². The van der Waals surface area contributed by atoms with Crippen molar-refractivity contribution in [3.8, 4) is 5.88 Å². The number of carbonyl (C=O) groups is 1. The zero-order chi connectivity index (χ0) is 13.1. The number of hydrogen-bond donors (Lipinski definition) is 1. The van der Waals surface area contributed by atoms with Crippen molar-refractivity contribution in [1.29, 1.82) is 0 Å². The van der Waals surface area contributed by atoms with E-state index >= 15 is 0 Å². The second-order valence-electron chi connectivity index (χ2n) is 4.30. The highest BCUT2D eigenvalue weighted by atomic mass is 79.9. The van der Waals surface area contributed by atoms with E-state index in [0.717, 1.165) is 0 Å². The first-order valence-corrected chi connectivity index (χ1v) is 5.81. The van der Waals surface area contributed by atoms with Crippen LogP contribution >= 0.6 is 15.9 Å². The van der Waals surface area contributed by atoms with E-state index in [1.165, 1.54) is 7.11 Å². The smallest absolute Gasteiger partial charge is 0.412 e. The van der Waals surface area contributed by atoms with Crippen molar-refractivity contribution in [1.82, 2.24) is 4.98 Å². The van der Waals surface area contributed by atoms with Crippen LogP contribution in [0.1, 0.15) is 20.8 Å². The van der Waals surface area contributed by atoms with E-state index in [9.17, 15) is 4.79 Å². The van der Waals surface area contributed by atoms with E-state index < -0.39 is 11.7 Å². The number of methoxy groups -OCH3 is 1. The molecule has 0 aliphatic carbocycles. The first kappa shape index (κ1) is 13.8. The van der Waals surface area contributed by atoms with Crippen LogP contribution in [0.3, 0.4) is 0 Å². The van der Waals surface area contributed by atoms with E-state index in [1.807, 2.05) is 0 Å². The summed E-state index contributed by atoms with van der Waals surface area (Å²) in [5.41, 5.74) is -0.101. The largest absolute Gasteiger partial charge is 0.479 e. The molecular formula is C11H15BrN2O3. The van der Waals surface area contributed by atoms with Gasteiger partial charge in [0, 0.05) is 10.7 Å². The van der Waals surface area contributed by atoms with E-state index in [0.29, 0.717) is 16.0 Å². The first-order chi connectivity index (χ1) is 7.83. The maximum Gasteiger partial charge on any atom is 0.412 e. The average molecular weight is 303 g/mol. The molecule has 0 unspecified atom stereocenters. The summed E-state index contributed by atoms with van der Waals surface area (Å²) < 4.78 is 10.9. The lowest BCUT2D eigenvalue weighted by molar-refractivity contribution is 0.0635. The lowest BCUT2D eigenvalue weighted by Crippen LogP contribution is -2.27. The number of halogens is 1. The lowest BCUT2D eigenvalue weighted by Gasteiger charge is -2.20. The Morgan fingerprint density at radius 1 is 1.47 bits per heavy atom. The number of amides is 1. The molecule has 1 heterocycles. The maximum atomic E-state index is 11.6. The van der Waals surface area contributed by atoms with Crippen molar-refractivity contribution >= 4 is 27.7 Å². The second-order valence-corrected chi connectivity index (χ2v) is 5.16. The summed E-state index contributed by atoms with van der Waals surface area (Å²) in [5.74, 6) is 0.324. The Morgan fingerprint density at radius 3 is 2.65 bits per heavy atom. The van der Waals surface area contributed by atoms with Gasteiger partial charge in [-0.25, -0.2) is 9.78 Å². The molecule has 1 aromatic heterocycles. The normalized spacial score (nSPS) is 10.9. The third-order valence-corrected chi connectivity index (χ3v) is 2.35. The maximum absolute atomic E-state index is 11.6. The number of rotatable bonds is 2. The van der Waals surface area contributed by atoms with Gasteiger partial charge in [0.05, 0.1) is 7.11 Å². The molecule has 0 spiro atoms.